The van der Waals surface area contributed by atoms with Gasteiger partial charge in [-0.05, 0) is 48.6 Å². The van der Waals surface area contributed by atoms with E-state index in [0.29, 0.717) is 5.56 Å². The highest BCUT2D eigenvalue weighted by atomic mass is 16.6. The second kappa shape index (κ2) is 20.9. The van der Waals surface area contributed by atoms with Gasteiger partial charge in [0, 0.05) is 25.3 Å². The Balaban J connectivity index is 1.30. The lowest BCUT2D eigenvalue weighted by atomic mass is 9.98. The predicted octanol–water partition coefficient (Wildman–Crippen LogP) is 0.693. The number of esters is 1. The van der Waals surface area contributed by atoms with Crippen LogP contribution in [0.25, 0.3) is 11.1 Å². The number of nitrogens with two attached hydrogens (primary N) is 1. The standard InChI is InChI=1S/C41H49N7O10/c1-41(2,3)58-37(53)20-32(48-40(56)57-24-30-28-15-9-7-13-26(28)27-14-8-10-16-29(27)30)39(55)46-22-35(51)44-23-36(52)47-31(19-25-11-5-4-6-12-25)38(54)45-21-34(50)43-18-17-33(42)49/h4-16,30-32H,17-24H2,1-3H3,(H2,42,49)(H,43,50)(H,44,51)(H,45,54)(H,46,55)(H,47,52)(H,48,56)/t31-,32-/m0/s1. The Hall–Kier alpha value is -6.78. The van der Waals surface area contributed by atoms with Gasteiger partial charge in [-0.15, -0.1) is 0 Å². The molecular weight excluding hydrogens is 750 g/mol. The number of hydrogen-bond acceptors (Lipinski definition) is 10. The number of carbonyl (C=O) groups is 8. The maximum Gasteiger partial charge on any atom is 0.407 e. The summed E-state index contributed by atoms with van der Waals surface area (Å²) in [6.45, 7) is 3.23. The van der Waals surface area contributed by atoms with E-state index in [2.05, 4.69) is 31.9 Å². The fourth-order valence-corrected chi connectivity index (χ4v) is 6.06. The summed E-state index contributed by atoms with van der Waals surface area (Å²) in [5.41, 5.74) is 8.89. The molecule has 1 aliphatic rings. The molecule has 0 saturated heterocycles. The first-order valence-electron chi connectivity index (χ1n) is 18.6. The van der Waals surface area contributed by atoms with Gasteiger partial charge in [-0.25, -0.2) is 4.79 Å². The van der Waals surface area contributed by atoms with Gasteiger partial charge in [0.05, 0.1) is 26.1 Å². The molecule has 0 aromatic heterocycles. The fraction of sp³-hybridized carbons (Fsp3) is 0.366. The smallest absolute Gasteiger partial charge is 0.407 e. The summed E-state index contributed by atoms with van der Waals surface area (Å²) in [5.74, 6) is -5.33. The molecule has 0 aliphatic heterocycles. The minimum absolute atomic E-state index is 0.00610. The molecule has 1 aliphatic carbocycles. The topological polar surface area (TPSA) is 253 Å². The van der Waals surface area contributed by atoms with Crippen LogP contribution in [0.2, 0.25) is 0 Å². The molecule has 7 amide bonds. The van der Waals surface area contributed by atoms with Crippen LogP contribution in [0, 0.1) is 0 Å². The van der Waals surface area contributed by atoms with Crippen LogP contribution in [-0.2, 0) is 49.5 Å². The molecule has 0 spiro atoms. The second-order valence-corrected chi connectivity index (χ2v) is 14.4. The molecule has 0 bridgehead atoms. The van der Waals surface area contributed by atoms with E-state index >= 15 is 0 Å². The van der Waals surface area contributed by atoms with E-state index in [1.165, 1.54) is 0 Å². The zero-order chi connectivity index (χ0) is 42.2. The highest BCUT2D eigenvalue weighted by molar-refractivity contribution is 5.94. The average molecular weight is 800 g/mol. The number of hydrogen-bond donors (Lipinski definition) is 7. The summed E-state index contributed by atoms with van der Waals surface area (Å²) >= 11 is 0. The van der Waals surface area contributed by atoms with Gasteiger partial charge in [0.2, 0.25) is 35.4 Å². The molecule has 4 rings (SSSR count). The number of amides is 7. The lowest BCUT2D eigenvalue weighted by molar-refractivity contribution is -0.156. The molecule has 3 aromatic rings. The van der Waals surface area contributed by atoms with Crippen LogP contribution in [0.15, 0.2) is 78.9 Å². The molecule has 0 saturated carbocycles. The van der Waals surface area contributed by atoms with Crippen molar-refractivity contribution in [3.63, 3.8) is 0 Å². The number of ether oxygens (including phenoxy) is 2. The second-order valence-electron chi connectivity index (χ2n) is 14.4. The first-order valence-corrected chi connectivity index (χ1v) is 18.6. The van der Waals surface area contributed by atoms with Crippen LogP contribution in [0.5, 0.6) is 0 Å². The van der Waals surface area contributed by atoms with Gasteiger partial charge in [0.1, 0.15) is 24.3 Å². The van der Waals surface area contributed by atoms with Crippen molar-refractivity contribution in [3.05, 3.63) is 95.6 Å². The Morgan fingerprint density at radius 3 is 1.78 bits per heavy atom. The van der Waals surface area contributed by atoms with E-state index in [9.17, 15) is 38.4 Å². The van der Waals surface area contributed by atoms with Crippen LogP contribution in [0.4, 0.5) is 4.79 Å². The Bertz CT molecular complexity index is 1940. The molecule has 8 N–H and O–H groups in total. The molecular formula is C41H49N7O10. The molecule has 0 heterocycles. The van der Waals surface area contributed by atoms with E-state index in [0.717, 1.165) is 22.3 Å². The summed E-state index contributed by atoms with van der Waals surface area (Å²) in [5, 5.41) is 14.5. The van der Waals surface area contributed by atoms with E-state index in [-0.39, 0.29) is 31.9 Å². The highest BCUT2D eigenvalue weighted by Crippen LogP contribution is 2.44. The van der Waals surface area contributed by atoms with Gasteiger partial charge in [-0.3, -0.25) is 33.6 Å². The molecule has 58 heavy (non-hydrogen) atoms. The molecule has 0 unspecified atom stereocenters. The van der Waals surface area contributed by atoms with Crippen molar-refractivity contribution in [2.75, 3.05) is 32.8 Å². The Morgan fingerprint density at radius 2 is 1.19 bits per heavy atom. The van der Waals surface area contributed by atoms with Gasteiger partial charge in [0.25, 0.3) is 0 Å². The number of fused-ring (bicyclic) bond motifs is 3. The van der Waals surface area contributed by atoms with Gasteiger partial charge >= 0.3 is 12.1 Å². The monoisotopic (exact) mass is 799 g/mol. The van der Waals surface area contributed by atoms with Crippen LogP contribution in [0.3, 0.4) is 0 Å². The number of alkyl carbamates (subject to hydrolysis) is 1. The normalized spacial score (nSPS) is 12.7. The van der Waals surface area contributed by atoms with Gasteiger partial charge in [-0.2, -0.15) is 0 Å². The van der Waals surface area contributed by atoms with Crippen molar-refractivity contribution in [3.8, 4) is 11.1 Å². The fourth-order valence-electron chi connectivity index (χ4n) is 6.06. The van der Waals surface area contributed by atoms with Gasteiger partial charge in [-0.1, -0.05) is 78.9 Å². The highest BCUT2D eigenvalue weighted by Gasteiger charge is 2.31. The summed E-state index contributed by atoms with van der Waals surface area (Å²) < 4.78 is 10.9. The zero-order valence-corrected chi connectivity index (χ0v) is 32.6. The molecule has 0 radical (unpaired) electrons. The quantitative estimate of drug-likeness (QED) is 0.0836. The Labute approximate surface area is 335 Å². The predicted molar refractivity (Wildman–Crippen MR) is 210 cm³/mol. The molecule has 17 nitrogen and oxygen atoms in total. The number of benzene rings is 3. The van der Waals surface area contributed by atoms with E-state index in [1.54, 1.807) is 51.1 Å². The van der Waals surface area contributed by atoms with E-state index in [1.807, 2.05) is 48.5 Å². The lowest BCUT2D eigenvalue weighted by Crippen LogP contribution is -2.53. The molecule has 17 heteroatoms. The molecule has 0 fully saturated rings. The van der Waals surface area contributed by atoms with Crippen LogP contribution in [-0.4, -0.2) is 98.0 Å². The van der Waals surface area contributed by atoms with E-state index < -0.39 is 91.2 Å². The Kier molecular flexibility index (Phi) is 15.9. The van der Waals surface area contributed by atoms with Crippen LogP contribution < -0.4 is 37.6 Å². The largest absolute Gasteiger partial charge is 0.460 e. The first kappa shape index (κ1) is 43.9. The van der Waals surface area contributed by atoms with Crippen molar-refractivity contribution in [1.82, 2.24) is 31.9 Å². The van der Waals surface area contributed by atoms with Crippen molar-refractivity contribution in [1.29, 1.82) is 0 Å². The number of carbonyl (C=O) groups excluding carboxylic acids is 8. The average Bonchev–Trinajstić information content (AvgIpc) is 3.49. The van der Waals surface area contributed by atoms with Crippen molar-refractivity contribution >= 4 is 47.5 Å². The Morgan fingerprint density at radius 1 is 0.655 bits per heavy atom. The minimum atomic E-state index is -1.48. The molecule has 308 valence electrons. The third-order valence-electron chi connectivity index (χ3n) is 8.66. The minimum Gasteiger partial charge on any atom is -0.460 e. The first-order chi connectivity index (χ1) is 27.6. The summed E-state index contributed by atoms with van der Waals surface area (Å²) in [7, 11) is 0. The van der Waals surface area contributed by atoms with Crippen LogP contribution >= 0.6 is 0 Å². The van der Waals surface area contributed by atoms with Crippen molar-refractivity contribution < 1.29 is 47.8 Å². The van der Waals surface area contributed by atoms with E-state index in [4.69, 9.17) is 15.2 Å². The molecule has 3 aromatic carbocycles. The lowest BCUT2D eigenvalue weighted by Gasteiger charge is -2.23. The van der Waals surface area contributed by atoms with Gasteiger partial charge in [0.15, 0.2) is 0 Å². The molecule has 2 atom stereocenters. The van der Waals surface area contributed by atoms with Crippen molar-refractivity contribution in [2.45, 2.75) is 63.6 Å². The zero-order valence-electron chi connectivity index (χ0n) is 32.6. The SMILES string of the molecule is CC(C)(C)OC(=O)C[C@H](NC(=O)OCC1c2ccccc2-c2ccccc21)C(=O)NCC(=O)NCC(=O)N[C@@H](Cc1ccccc1)C(=O)NCC(=O)NCCC(N)=O. The third kappa shape index (κ3) is 14.1. The maximum absolute atomic E-state index is 13.3. The number of nitrogens with one attached hydrogen (secondary N) is 6. The van der Waals surface area contributed by atoms with Gasteiger partial charge < -0.3 is 47.1 Å². The third-order valence-corrected chi connectivity index (χ3v) is 8.66. The number of primary amides is 1. The van der Waals surface area contributed by atoms with Crippen LogP contribution in [0.1, 0.15) is 56.2 Å². The van der Waals surface area contributed by atoms with Crippen molar-refractivity contribution in [2.24, 2.45) is 5.73 Å². The summed E-state index contributed by atoms with van der Waals surface area (Å²) in [6.07, 6.45) is -1.56. The summed E-state index contributed by atoms with van der Waals surface area (Å²) in [6, 6.07) is 21.7. The number of rotatable bonds is 19. The maximum atomic E-state index is 13.3. The summed E-state index contributed by atoms with van der Waals surface area (Å²) in [4.78, 5) is 101.